The summed E-state index contributed by atoms with van der Waals surface area (Å²) in [6.45, 7) is 6.78. The second kappa shape index (κ2) is 7.33. The summed E-state index contributed by atoms with van der Waals surface area (Å²) < 4.78 is 2.03. The number of urea groups is 1. The highest BCUT2D eigenvalue weighted by atomic mass is 16.2. The molecule has 0 fully saturated rings. The van der Waals surface area contributed by atoms with Gasteiger partial charge in [0.25, 0.3) is 0 Å². The van der Waals surface area contributed by atoms with Crippen LogP contribution in [0, 0.1) is 32.1 Å². The lowest BCUT2D eigenvalue weighted by atomic mass is 10.2. The summed E-state index contributed by atoms with van der Waals surface area (Å²) in [5, 5.41) is 14.5. The third-order valence-electron chi connectivity index (χ3n) is 4.46. The standard InChI is InChI=1S/C19H21N7O/c1-11-12(2)23-18(21)16-17(11)26(13(3)24-16)8-7-22-19(27)25-15-6-4-5-14(9-15)10-20/h4-6,9H,7-8H2,1-3H3,(H2,21,23)(H2,22,25,27). The third-order valence-corrected chi connectivity index (χ3v) is 4.46. The average molecular weight is 363 g/mol. The van der Waals surface area contributed by atoms with Gasteiger partial charge in [0.2, 0.25) is 0 Å². The Morgan fingerprint density at radius 1 is 1.30 bits per heavy atom. The van der Waals surface area contributed by atoms with E-state index in [-0.39, 0.29) is 6.03 Å². The lowest BCUT2D eigenvalue weighted by molar-refractivity contribution is 0.251. The van der Waals surface area contributed by atoms with Gasteiger partial charge in [-0.15, -0.1) is 0 Å². The van der Waals surface area contributed by atoms with E-state index in [9.17, 15) is 4.79 Å². The highest BCUT2D eigenvalue weighted by Gasteiger charge is 2.15. The minimum absolute atomic E-state index is 0.332. The third kappa shape index (κ3) is 3.67. The Hall–Kier alpha value is -3.60. The van der Waals surface area contributed by atoms with Crippen LogP contribution in [0.3, 0.4) is 0 Å². The fourth-order valence-corrected chi connectivity index (χ4v) is 3.01. The van der Waals surface area contributed by atoms with Crippen LogP contribution >= 0.6 is 0 Å². The number of hydrogen-bond acceptors (Lipinski definition) is 5. The van der Waals surface area contributed by atoms with Gasteiger partial charge in [-0.2, -0.15) is 5.26 Å². The molecule has 4 N–H and O–H groups in total. The van der Waals surface area contributed by atoms with Gasteiger partial charge in [0.05, 0.1) is 17.1 Å². The number of aromatic nitrogens is 3. The van der Waals surface area contributed by atoms with E-state index < -0.39 is 0 Å². The molecule has 0 atom stereocenters. The summed E-state index contributed by atoms with van der Waals surface area (Å²) in [4.78, 5) is 20.9. The van der Waals surface area contributed by atoms with Crippen LogP contribution < -0.4 is 16.4 Å². The molecule has 2 heterocycles. The molecule has 8 heteroatoms. The number of pyridine rings is 1. The lowest BCUT2D eigenvalue weighted by Gasteiger charge is -2.12. The van der Waals surface area contributed by atoms with Crippen molar-refractivity contribution in [3.05, 3.63) is 46.9 Å². The Labute approximate surface area is 157 Å². The fourth-order valence-electron chi connectivity index (χ4n) is 3.01. The number of anilines is 2. The van der Waals surface area contributed by atoms with Gasteiger partial charge >= 0.3 is 6.03 Å². The van der Waals surface area contributed by atoms with Crippen molar-refractivity contribution in [2.45, 2.75) is 27.3 Å². The van der Waals surface area contributed by atoms with E-state index in [1.165, 1.54) is 0 Å². The van der Waals surface area contributed by atoms with E-state index >= 15 is 0 Å². The van der Waals surface area contributed by atoms with Crippen LogP contribution in [0.5, 0.6) is 0 Å². The zero-order valence-corrected chi connectivity index (χ0v) is 15.5. The molecule has 27 heavy (non-hydrogen) atoms. The molecule has 0 unspecified atom stereocenters. The quantitative estimate of drug-likeness (QED) is 0.658. The van der Waals surface area contributed by atoms with Gasteiger partial charge in [0.15, 0.2) is 5.82 Å². The number of carbonyl (C=O) groups excluding carboxylic acids is 1. The summed E-state index contributed by atoms with van der Waals surface area (Å²) in [5.41, 5.74) is 10.6. The second-order valence-corrected chi connectivity index (χ2v) is 6.29. The number of fused-ring (bicyclic) bond motifs is 1. The Morgan fingerprint density at radius 3 is 2.81 bits per heavy atom. The van der Waals surface area contributed by atoms with E-state index in [1.54, 1.807) is 24.3 Å². The predicted octanol–water partition coefficient (Wildman–Crippen LogP) is 2.63. The minimum Gasteiger partial charge on any atom is -0.382 e. The van der Waals surface area contributed by atoms with Crippen molar-refractivity contribution in [1.29, 1.82) is 5.26 Å². The van der Waals surface area contributed by atoms with Crippen molar-refractivity contribution in [2.24, 2.45) is 0 Å². The van der Waals surface area contributed by atoms with Crippen LogP contribution in [0.15, 0.2) is 24.3 Å². The molecule has 3 aromatic rings. The van der Waals surface area contributed by atoms with E-state index in [0.717, 1.165) is 22.6 Å². The van der Waals surface area contributed by atoms with Gasteiger partial charge in [-0.1, -0.05) is 6.07 Å². The Bertz CT molecular complexity index is 1060. The first-order chi connectivity index (χ1) is 12.9. The number of nitrogens with two attached hydrogens (primary N) is 1. The van der Waals surface area contributed by atoms with Crippen molar-refractivity contribution < 1.29 is 4.79 Å². The van der Waals surface area contributed by atoms with Gasteiger partial charge in [-0.25, -0.2) is 14.8 Å². The van der Waals surface area contributed by atoms with Gasteiger partial charge in [-0.05, 0) is 44.5 Å². The normalized spacial score (nSPS) is 10.6. The topological polar surface area (TPSA) is 122 Å². The molecule has 1 aromatic carbocycles. The van der Waals surface area contributed by atoms with Crippen LogP contribution in [0.2, 0.25) is 0 Å². The van der Waals surface area contributed by atoms with Crippen molar-refractivity contribution in [3.63, 3.8) is 0 Å². The van der Waals surface area contributed by atoms with Crippen LogP contribution in [-0.4, -0.2) is 27.1 Å². The number of carbonyl (C=O) groups is 1. The summed E-state index contributed by atoms with van der Waals surface area (Å²) in [7, 11) is 0. The largest absolute Gasteiger partial charge is 0.382 e. The monoisotopic (exact) mass is 363 g/mol. The van der Waals surface area contributed by atoms with Crippen LogP contribution in [0.4, 0.5) is 16.3 Å². The van der Waals surface area contributed by atoms with Gasteiger partial charge < -0.3 is 20.9 Å². The van der Waals surface area contributed by atoms with E-state index in [1.807, 2.05) is 31.4 Å². The molecule has 2 aromatic heterocycles. The zero-order valence-electron chi connectivity index (χ0n) is 15.5. The minimum atomic E-state index is -0.332. The Kier molecular flexibility index (Phi) is 4.94. The number of imidazole rings is 1. The highest BCUT2D eigenvalue weighted by molar-refractivity contribution is 5.90. The van der Waals surface area contributed by atoms with Gasteiger partial charge in [-0.3, -0.25) is 0 Å². The molecule has 0 bridgehead atoms. The van der Waals surface area contributed by atoms with Crippen molar-refractivity contribution in [2.75, 3.05) is 17.6 Å². The summed E-state index contributed by atoms with van der Waals surface area (Å²) in [5.74, 6) is 1.23. The molecule has 0 spiro atoms. The van der Waals surface area contributed by atoms with Crippen LogP contribution in [-0.2, 0) is 6.54 Å². The molecule has 0 saturated carbocycles. The van der Waals surface area contributed by atoms with Crippen molar-refractivity contribution in [3.8, 4) is 6.07 Å². The van der Waals surface area contributed by atoms with E-state index in [2.05, 4.69) is 20.6 Å². The number of hydrogen-bond donors (Lipinski definition) is 3. The lowest BCUT2D eigenvalue weighted by Crippen LogP contribution is -2.31. The van der Waals surface area contributed by atoms with E-state index in [4.69, 9.17) is 11.0 Å². The number of nitriles is 1. The fraction of sp³-hybridized carbons (Fsp3) is 0.263. The predicted molar refractivity (Wildman–Crippen MR) is 104 cm³/mol. The maximum absolute atomic E-state index is 12.1. The number of nitrogen functional groups attached to an aromatic ring is 1. The summed E-state index contributed by atoms with van der Waals surface area (Å²) >= 11 is 0. The average Bonchev–Trinajstić information content (AvgIpc) is 2.97. The molecule has 0 aliphatic carbocycles. The number of aryl methyl sites for hydroxylation is 3. The number of benzene rings is 1. The zero-order chi connectivity index (χ0) is 19.6. The first-order valence-electron chi connectivity index (χ1n) is 8.55. The first kappa shape index (κ1) is 18.2. The van der Waals surface area contributed by atoms with Crippen LogP contribution in [0.25, 0.3) is 11.0 Å². The molecule has 8 nitrogen and oxygen atoms in total. The molecule has 2 amide bonds. The maximum Gasteiger partial charge on any atom is 0.319 e. The van der Waals surface area contributed by atoms with Crippen molar-refractivity contribution in [1.82, 2.24) is 19.9 Å². The number of amides is 2. The molecule has 0 aliphatic heterocycles. The molecular formula is C19H21N7O. The molecule has 0 saturated heterocycles. The van der Waals surface area contributed by atoms with Gasteiger partial charge in [0, 0.05) is 24.5 Å². The van der Waals surface area contributed by atoms with Gasteiger partial charge in [0.1, 0.15) is 11.3 Å². The summed E-state index contributed by atoms with van der Waals surface area (Å²) in [6.07, 6.45) is 0. The SMILES string of the molecule is Cc1nc(N)c2nc(C)n(CCNC(=O)Nc3cccc(C#N)c3)c2c1C. The molecule has 0 radical (unpaired) electrons. The van der Waals surface area contributed by atoms with Crippen LogP contribution in [0.1, 0.15) is 22.6 Å². The number of nitrogens with one attached hydrogen (secondary N) is 2. The number of rotatable bonds is 4. The van der Waals surface area contributed by atoms with Crippen molar-refractivity contribution >= 4 is 28.6 Å². The Morgan fingerprint density at radius 2 is 2.07 bits per heavy atom. The Balaban J connectivity index is 1.69. The maximum atomic E-state index is 12.1. The number of nitrogens with zero attached hydrogens (tertiary/aromatic N) is 4. The molecule has 3 rings (SSSR count). The first-order valence-corrected chi connectivity index (χ1v) is 8.55. The highest BCUT2D eigenvalue weighted by Crippen LogP contribution is 2.25. The molecule has 0 aliphatic rings. The molecule has 138 valence electrons. The van der Waals surface area contributed by atoms with E-state index in [0.29, 0.717) is 35.7 Å². The smallest absolute Gasteiger partial charge is 0.319 e. The molecular weight excluding hydrogens is 342 g/mol. The summed E-state index contributed by atoms with van der Waals surface area (Å²) in [6, 6.07) is 8.46. The second-order valence-electron chi connectivity index (χ2n) is 6.29.